The van der Waals surface area contributed by atoms with Gasteiger partial charge in [-0.1, -0.05) is 68.8 Å². The van der Waals surface area contributed by atoms with E-state index in [2.05, 4.69) is 39.7 Å². The summed E-state index contributed by atoms with van der Waals surface area (Å²) in [5.41, 5.74) is 7.65. The fourth-order valence-corrected chi connectivity index (χ4v) is 10.7. The van der Waals surface area contributed by atoms with Crippen molar-refractivity contribution in [3.63, 3.8) is 0 Å². The number of β-amino-alcohol motifs (C(OH)–C–C–N with tert-alkyl or cyclic N) is 1. The zero-order chi connectivity index (χ0) is 49.7. The summed E-state index contributed by atoms with van der Waals surface area (Å²) in [6, 6.07) is 12.4. The van der Waals surface area contributed by atoms with E-state index in [0.29, 0.717) is 23.1 Å². The molecule has 6 atom stereocenters. The first-order valence-corrected chi connectivity index (χ1v) is 25.2. The number of hydrogen-bond donors (Lipinski definition) is 3. The van der Waals surface area contributed by atoms with E-state index in [1.165, 1.54) is 4.90 Å². The largest absolute Gasteiger partial charge is 0.463 e. The maximum Gasteiger partial charge on any atom is 0.311 e. The molecule has 5 aromatic rings. The molecule has 0 radical (unpaired) electrons. The van der Waals surface area contributed by atoms with Gasteiger partial charge in [0.2, 0.25) is 17.7 Å². The van der Waals surface area contributed by atoms with Crippen LogP contribution in [-0.2, 0) is 33.4 Å². The highest BCUT2D eigenvalue weighted by Gasteiger charge is 2.45. The van der Waals surface area contributed by atoms with Crippen LogP contribution >= 0.6 is 34.3 Å². The molecule has 69 heavy (non-hydrogen) atoms. The van der Waals surface area contributed by atoms with Crippen LogP contribution in [0.15, 0.2) is 59.0 Å². The third-order valence-corrected chi connectivity index (χ3v) is 14.9. The monoisotopic (exact) mass is 1000 g/mol. The van der Waals surface area contributed by atoms with E-state index in [0.717, 1.165) is 54.0 Å². The number of nitrogens with one attached hydrogen (secondary N) is 2. The molecule has 3 amide bonds. The van der Waals surface area contributed by atoms with Gasteiger partial charge in [-0.25, -0.2) is 4.98 Å². The minimum absolute atomic E-state index is 0.0181. The number of carbonyl (C=O) groups excluding carboxylic acids is 4. The first kappa shape index (κ1) is 51.5. The normalized spacial score (nSPS) is 18.1. The summed E-state index contributed by atoms with van der Waals surface area (Å²) >= 11 is 9.45. The number of aliphatic imine (C=N–C) groups is 1. The highest BCUT2D eigenvalue weighted by molar-refractivity contribution is 7.15. The van der Waals surface area contributed by atoms with Crippen molar-refractivity contribution < 1.29 is 38.5 Å². The Bertz CT molecular complexity index is 2670. The number of aryl methyl sites for hydroxylation is 3. The Hall–Kier alpha value is -5.37. The van der Waals surface area contributed by atoms with Crippen LogP contribution < -0.4 is 10.6 Å². The van der Waals surface area contributed by atoms with E-state index in [1.807, 2.05) is 100 Å². The van der Waals surface area contributed by atoms with Crippen LogP contribution in [0.1, 0.15) is 104 Å². The Morgan fingerprint density at radius 2 is 1.61 bits per heavy atom. The lowest BCUT2D eigenvalue weighted by Crippen LogP contribution is -2.58. The molecule has 19 heteroatoms. The number of aliphatic hydroxyl groups excluding tert-OH is 1. The van der Waals surface area contributed by atoms with Crippen molar-refractivity contribution in [2.75, 3.05) is 39.6 Å². The maximum atomic E-state index is 14.1. The molecule has 368 valence electrons. The highest BCUT2D eigenvalue weighted by Crippen LogP contribution is 2.41. The van der Waals surface area contributed by atoms with Crippen LogP contribution in [0, 0.1) is 39.0 Å². The molecule has 2 aliphatic heterocycles. The molecule has 5 heterocycles. The Balaban J connectivity index is 0.852. The maximum absolute atomic E-state index is 14.1. The number of halogens is 1. The summed E-state index contributed by atoms with van der Waals surface area (Å²) in [7, 11) is 0. The van der Waals surface area contributed by atoms with E-state index in [-0.39, 0.29) is 57.9 Å². The van der Waals surface area contributed by atoms with Gasteiger partial charge in [0.05, 0.1) is 46.5 Å². The molecule has 0 unspecified atom stereocenters. The number of ether oxygens (including phenoxy) is 3. The second-order valence-electron chi connectivity index (χ2n) is 18.7. The van der Waals surface area contributed by atoms with Gasteiger partial charge in [-0.2, -0.15) is 0 Å². The van der Waals surface area contributed by atoms with Crippen molar-refractivity contribution in [3.05, 3.63) is 104 Å². The average Bonchev–Trinajstić information content (AvgIpc) is 4.08. The first-order valence-electron chi connectivity index (χ1n) is 23.1. The summed E-state index contributed by atoms with van der Waals surface area (Å²) < 4.78 is 19.0. The fourth-order valence-electron chi connectivity index (χ4n) is 8.50. The Morgan fingerprint density at radius 1 is 0.913 bits per heavy atom. The molecular weight excluding hydrogens is 940 g/mol. The van der Waals surface area contributed by atoms with E-state index >= 15 is 0 Å². The van der Waals surface area contributed by atoms with Gasteiger partial charge in [-0.15, -0.1) is 32.9 Å². The number of esters is 1. The molecule has 3 N–H and O–H groups in total. The number of benzene rings is 2. The minimum atomic E-state index is -0.993. The Labute approximate surface area is 415 Å². The summed E-state index contributed by atoms with van der Waals surface area (Å²) in [4.78, 5) is 67.6. The molecule has 0 saturated carbocycles. The number of rotatable bonds is 18. The molecule has 16 nitrogen and oxygen atoms in total. The number of thiazole rings is 1. The fraction of sp³-hybridized carbons (Fsp3) is 0.480. The number of carbonyl (C=O) groups is 4. The molecule has 2 aromatic carbocycles. The van der Waals surface area contributed by atoms with Crippen molar-refractivity contribution in [2.45, 2.75) is 105 Å². The van der Waals surface area contributed by atoms with E-state index in [9.17, 15) is 24.3 Å². The van der Waals surface area contributed by atoms with Crippen molar-refractivity contribution in [1.29, 1.82) is 0 Å². The number of nitrogens with zero attached hydrogens (tertiary/aromatic N) is 6. The van der Waals surface area contributed by atoms with Gasteiger partial charge in [0.15, 0.2) is 5.82 Å². The first-order chi connectivity index (χ1) is 32.8. The smallest absolute Gasteiger partial charge is 0.311 e. The average molecular weight is 1000 g/mol. The molecule has 0 bridgehead atoms. The van der Waals surface area contributed by atoms with Gasteiger partial charge in [0.1, 0.15) is 42.2 Å². The second kappa shape index (κ2) is 22.2. The van der Waals surface area contributed by atoms with E-state index in [1.54, 1.807) is 29.6 Å². The lowest BCUT2D eigenvalue weighted by Gasteiger charge is -2.35. The van der Waals surface area contributed by atoms with Gasteiger partial charge in [-0.05, 0) is 82.2 Å². The van der Waals surface area contributed by atoms with Crippen molar-refractivity contribution in [3.8, 4) is 15.4 Å². The number of likely N-dealkylation sites (tertiary alicyclic amines) is 1. The number of aromatic nitrogens is 4. The molecule has 3 aromatic heterocycles. The quantitative estimate of drug-likeness (QED) is 0.0593. The van der Waals surface area contributed by atoms with Crippen molar-refractivity contribution in [2.24, 2.45) is 16.3 Å². The van der Waals surface area contributed by atoms with Crippen molar-refractivity contribution in [1.82, 2.24) is 35.3 Å². The molecule has 0 aliphatic carbocycles. The minimum Gasteiger partial charge on any atom is -0.463 e. The van der Waals surface area contributed by atoms with Crippen LogP contribution in [0.25, 0.3) is 15.4 Å². The second-order valence-corrected chi connectivity index (χ2v) is 21.2. The Morgan fingerprint density at radius 3 is 2.29 bits per heavy atom. The van der Waals surface area contributed by atoms with Crippen LogP contribution in [0.3, 0.4) is 0 Å². The predicted octanol–water partition coefficient (Wildman–Crippen LogP) is 7.20. The van der Waals surface area contributed by atoms with Gasteiger partial charge in [0, 0.05) is 47.2 Å². The van der Waals surface area contributed by atoms with Crippen LogP contribution in [0.5, 0.6) is 0 Å². The molecule has 1 fully saturated rings. The number of amides is 3. The highest BCUT2D eigenvalue weighted by atomic mass is 35.5. The van der Waals surface area contributed by atoms with Gasteiger partial charge < -0.3 is 34.9 Å². The SMILES string of the molecule is Cc1ncsc1-c1ccc([C@H](C)NC(=O)[C@@H]2C[C@@H](O)CN2C(=O)[C@@H](NC(=O)COCCCOCCOC(=O)[C@H](C)[C@@H]2N=C(c3ccc(Cl)cc3)c3c(sc(C)c3C)-n3c(C)nnc32)C(C)(C)C)cc1. The molecule has 2 aliphatic rings. The Kier molecular flexibility index (Phi) is 16.5. The lowest BCUT2D eigenvalue weighted by molar-refractivity contribution is -0.150. The van der Waals surface area contributed by atoms with Gasteiger partial charge >= 0.3 is 5.97 Å². The van der Waals surface area contributed by atoms with Crippen LogP contribution in [-0.4, -0.2) is 117 Å². The van der Waals surface area contributed by atoms with E-state index in [4.69, 9.17) is 30.8 Å². The zero-order valence-corrected chi connectivity index (χ0v) is 42.9. The number of fused-ring (bicyclic) bond motifs is 3. The number of hydrogen-bond acceptors (Lipinski definition) is 14. The number of aliphatic hydroxyl groups is 1. The van der Waals surface area contributed by atoms with Crippen LogP contribution in [0.4, 0.5) is 0 Å². The van der Waals surface area contributed by atoms with Gasteiger partial charge in [-0.3, -0.25) is 28.7 Å². The molecule has 1 saturated heterocycles. The number of thiophene rings is 1. The standard InChI is InChI=1S/C50H61ClN8O8S2/c1-27-31(5)69-48-40(27)42(34-15-17-36(51)18-16-34)55-41(45-57-56-32(6)59(45)48)28(2)49(64)67-22-21-65-19-10-20-66-25-39(61)54-44(50(7,8)9)47(63)58-24-37(60)23-38(58)46(62)53-29(3)33-11-13-35(14-12-33)43-30(4)52-26-68-43/h11-18,26,28-29,37-38,41,44,60H,10,19-25H2,1-9H3,(H,53,62)(H,54,61)/t28-,29+,37-,38+,41+,44-/m1/s1. The third-order valence-electron chi connectivity index (χ3n) is 12.5. The topological polar surface area (TPSA) is 199 Å². The van der Waals surface area contributed by atoms with Crippen LogP contribution in [0.2, 0.25) is 5.02 Å². The van der Waals surface area contributed by atoms with Crippen molar-refractivity contribution >= 4 is 63.7 Å². The summed E-state index contributed by atoms with van der Waals surface area (Å²) in [5, 5.41) is 26.9. The summed E-state index contributed by atoms with van der Waals surface area (Å²) in [5.74, 6) is -1.25. The summed E-state index contributed by atoms with van der Waals surface area (Å²) in [6.45, 7) is 17.4. The molecular formula is C50H61ClN8O8S2. The molecule has 7 rings (SSSR count). The predicted molar refractivity (Wildman–Crippen MR) is 266 cm³/mol. The van der Waals surface area contributed by atoms with E-state index < -0.39 is 53.3 Å². The van der Waals surface area contributed by atoms with Gasteiger partial charge in [0.25, 0.3) is 0 Å². The lowest BCUT2D eigenvalue weighted by atomic mass is 9.85. The third kappa shape index (κ3) is 11.8. The zero-order valence-electron chi connectivity index (χ0n) is 40.5. The summed E-state index contributed by atoms with van der Waals surface area (Å²) in [6.07, 6.45) is -0.361. The molecule has 0 spiro atoms.